The smallest absolute Gasteiger partial charge is 0.174 e. The van der Waals surface area contributed by atoms with Gasteiger partial charge in [-0.1, -0.05) is 18.2 Å². The molecule has 5 heteroatoms. The maximum Gasteiger partial charge on any atom is 0.174 e. The average Bonchev–Trinajstić information content (AvgIpc) is 3.18. The molecule has 4 rings (SSSR count). The second-order valence-corrected chi connectivity index (χ2v) is 6.82. The second kappa shape index (κ2) is 6.33. The van der Waals surface area contributed by atoms with Crippen molar-refractivity contribution in [2.45, 2.75) is 25.9 Å². The minimum absolute atomic E-state index is 0.00716. The van der Waals surface area contributed by atoms with Crippen LogP contribution >= 0.6 is 12.2 Å². The van der Waals surface area contributed by atoms with Crippen LogP contribution in [0.2, 0.25) is 0 Å². The van der Waals surface area contributed by atoms with Gasteiger partial charge in [-0.15, -0.1) is 0 Å². The lowest BCUT2D eigenvalue weighted by atomic mass is 10.0. The van der Waals surface area contributed by atoms with Gasteiger partial charge in [0.15, 0.2) is 5.11 Å². The number of hydrogen-bond donors (Lipinski definition) is 2. The van der Waals surface area contributed by atoms with Crippen molar-refractivity contribution in [1.82, 2.24) is 15.3 Å². The molecule has 0 radical (unpaired) electrons. The Balaban J connectivity index is 1.83. The van der Waals surface area contributed by atoms with Crippen LogP contribution in [-0.2, 0) is 0 Å². The number of nitrogens with zero attached hydrogens (tertiary/aromatic N) is 2. The first-order chi connectivity index (χ1) is 12.1. The largest absolute Gasteiger partial charge is 0.361 e. The molecule has 1 aliphatic rings. The maximum absolute atomic E-state index is 5.70. The highest BCUT2D eigenvalue weighted by Gasteiger charge is 2.41. The van der Waals surface area contributed by atoms with Crippen LogP contribution in [0.3, 0.4) is 0 Å². The van der Waals surface area contributed by atoms with Gasteiger partial charge in [-0.25, -0.2) is 0 Å². The van der Waals surface area contributed by atoms with Crippen molar-refractivity contribution >= 4 is 23.0 Å². The zero-order valence-corrected chi connectivity index (χ0v) is 15.0. The molecule has 0 saturated carbocycles. The number of benzene rings is 1. The molecule has 2 N–H and O–H groups in total. The molecule has 2 aromatic heterocycles. The molecule has 0 aliphatic carbocycles. The zero-order valence-electron chi connectivity index (χ0n) is 14.2. The van der Waals surface area contributed by atoms with E-state index in [1.165, 1.54) is 5.56 Å². The molecule has 0 bridgehead atoms. The highest BCUT2D eigenvalue weighted by atomic mass is 32.1. The Morgan fingerprint density at radius 2 is 1.92 bits per heavy atom. The van der Waals surface area contributed by atoms with E-state index in [2.05, 4.69) is 70.4 Å². The van der Waals surface area contributed by atoms with Crippen LogP contribution in [-0.4, -0.2) is 15.1 Å². The van der Waals surface area contributed by atoms with E-state index < -0.39 is 0 Å². The molecular formula is C20H20N4S. The molecule has 1 saturated heterocycles. The molecule has 126 valence electrons. The molecule has 3 aromatic rings. The van der Waals surface area contributed by atoms with Crippen LogP contribution in [0, 0.1) is 13.8 Å². The number of aromatic amines is 1. The van der Waals surface area contributed by atoms with Crippen molar-refractivity contribution < 1.29 is 0 Å². The summed E-state index contributed by atoms with van der Waals surface area (Å²) in [7, 11) is 0. The Hall–Kier alpha value is -2.66. The van der Waals surface area contributed by atoms with Crippen LogP contribution in [0.15, 0.2) is 60.8 Å². The molecule has 2 unspecified atom stereocenters. The van der Waals surface area contributed by atoms with Crippen molar-refractivity contribution in [3.8, 4) is 0 Å². The van der Waals surface area contributed by atoms with Crippen molar-refractivity contribution in [1.29, 1.82) is 0 Å². The summed E-state index contributed by atoms with van der Waals surface area (Å²) in [5.74, 6) is 0. The number of hydrogen-bond acceptors (Lipinski definition) is 2. The number of thiocarbonyl (C=S) groups is 1. The normalized spacial score (nSPS) is 19.9. The van der Waals surface area contributed by atoms with Gasteiger partial charge in [-0.2, -0.15) is 0 Å². The zero-order chi connectivity index (χ0) is 17.4. The van der Waals surface area contributed by atoms with Gasteiger partial charge in [-0.3, -0.25) is 4.98 Å². The Morgan fingerprint density at radius 1 is 1.04 bits per heavy atom. The predicted octanol–water partition coefficient (Wildman–Crippen LogP) is 4.20. The van der Waals surface area contributed by atoms with Crippen molar-refractivity contribution in [3.63, 3.8) is 0 Å². The van der Waals surface area contributed by atoms with Crippen LogP contribution in [0.25, 0.3) is 0 Å². The quantitative estimate of drug-likeness (QED) is 0.696. The lowest BCUT2D eigenvalue weighted by Crippen LogP contribution is -2.29. The lowest BCUT2D eigenvalue weighted by molar-refractivity contribution is 0.558. The van der Waals surface area contributed by atoms with Gasteiger partial charge >= 0.3 is 0 Å². The van der Waals surface area contributed by atoms with E-state index >= 15 is 0 Å². The van der Waals surface area contributed by atoms with Gasteiger partial charge in [0.05, 0.1) is 11.7 Å². The molecule has 2 atom stereocenters. The standard InChI is InChI=1S/C20H20N4S/c1-13-6-5-7-15(12-13)24-19(17-10-9-14(2)22-17)18(23-20(24)25)16-8-3-4-11-21-16/h3-12,18-19,22H,1-2H3,(H,23,25). The van der Waals surface area contributed by atoms with Gasteiger partial charge in [-0.05, 0) is 68.0 Å². The van der Waals surface area contributed by atoms with Gasteiger partial charge in [0, 0.05) is 23.3 Å². The number of aromatic nitrogens is 2. The number of nitrogens with one attached hydrogen (secondary N) is 2. The SMILES string of the molecule is Cc1cccc(N2C(=S)NC(c3ccccn3)C2c2ccc(C)[nH]2)c1. The van der Waals surface area contributed by atoms with E-state index in [1.54, 1.807) is 0 Å². The van der Waals surface area contributed by atoms with E-state index in [-0.39, 0.29) is 12.1 Å². The molecule has 1 aliphatic heterocycles. The summed E-state index contributed by atoms with van der Waals surface area (Å²) in [4.78, 5) is 10.2. The van der Waals surface area contributed by atoms with Crippen LogP contribution in [0.1, 0.15) is 34.7 Å². The summed E-state index contributed by atoms with van der Waals surface area (Å²) >= 11 is 5.70. The van der Waals surface area contributed by atoms with Gasteiger partial charge in [0.1, 0.15) is 6.04 Å². The third kappa shape index (κ3) is 2.91. The molecule has 4 nitrogen and oxygen atoms in total. The monoisotopic (exact) mass is 348 g/mol. The Morgan fingerprint density at radius 3 is 2.60 bits per heavy atom. The van der Waals surface area contributed by atoms with E-state index in [0.717, 1.165) is 27.9 Å². The minimum atomic E-state index is -0.00716. The third-order valence-electron chi connectivity index (χ3n) is 4.55. The van der Waals surface area contributed by atoms with Gasteiger partial charge < -0.3 is 15.2 Å². The molecule has 0 spiro atoms. The number of anilines is 1. The van der Waals surface area contributed by atoms with Crippen molar-refractivity contribution in [3.05, 3.63) is 83.4 Å². The molecule has 25 heavy (non-hydrogen) atoms. The van der Waals surface area contributed by atoms with Crippen molar-refractivity contribution in [2.75, 3.05) is 4.90 Å². The Kier molecular flexibility index (Phi) is 4.01. The Bertz CT molecular complexity index is 903. The van der Waals surface area contributed by atoms with Gasteiger partial charge in [0.25, 0.3) is 0 Å². The first kappa shape index (κ1) is 15.8. The highest BCUT2D eigenvalue weighted by Crippen LogP contribution is 2.41. The fourth-order valence-electron chi connectivity index (χ4n) is 3.43. The summed E-state index contributed by atoms with van der Waals surface area (Å²) < 4.78 is 0. The average molecular weight is 348 g/mol. The number of rotatable bonds is 3. The molecule has 3 heterocycles. The van der Waals surface area contributed by atoms with Gasteiger partial charge in [0.2, 0.25) is 0 Å². The first-order valence-corrected chi connectivity index (χ1v) is 8.77. The summed E-state index contributed by atoms with van der Waals surface area (Å²) in [6.45, 7) is 4.16. The number of pyridine rings is 1. The molecule has 1 aromatic carbocycles. The topological polar surface area (TPSA) is 44.0 Å². The summed E-state index contributed by atoms with van der Waals surface area (Å²) in [6.07, 6.45) is 1.83. The highest BCUT2D eigenvalue weighted by molar-refractivity contribution is 7.80. The van der Waals surface area contributed by atoms with E-state index in [1.807, 2.05) is 24.4 Å². The van der Waals surface area contributed by atoms with Crippen molar-refractivity contribution in [2.24, 2.45) is 0 Å². The van der Waals surface area contributed by atoms with Crippen LogP contribution in [0.4, 0.5) is 5.69 Å². The van der Waals surface area contributed by atoms with Crippen LogP contribution in [0.5, 0.6) is 0 Å². The van der Waals surface area contributed by atoms with Crippen LogP contribution < -0.4 is 10.2 Å². The predicted molar refractivity (Wildman–Crippen MR) is 105 cm³/mol. The van der Waals surface area contributed by atoms with E-state index in [9.17, 15) is 0 Å². The minimum Gasteiger partial charge on any atom is -0.361 e. The number of H-pyrrole nitrogens is 1. The van der Waals surface area contributed by atoms with E-state index in [4.69, 9.17) is 12.2 Å². The third-order valence-corrected chi connectivity index (χ3v) is 4.87. The first-order valence-electron chi connectivity index (χ1n) is 8.36. The Labute approximate surface area is 152 Å². The summed E-state index contributed by atoms with van der Waals surface area (Å²) in [6, 6.07) is 18.7. The maximum atomic E-state index is 5.70. The van der Waals surface area contributed by atoms with E-state index in [0.29, 0.717) is 0 Å². The summed E-state index contributed by atoms with van der Waals surface area (Å²) in [5, 5.41) is 4.19. The fourth-order valence-corrected chi connectivity index (χ4v) is 3.77. The lowest BCUT2D eigenvalue weighted by Gasteiger charge is -2.27. The molecule has 0 amide bonds. The molecule has 1 fully saturated rings. The second-order valence-electron chi connectivity index (χ2n) is 6.43. The molecular weight excluding hydrogens is 328 g/mol. The summed E-state index contributed by atoms with van der Waals surface area (Å²) in [5.41, 5.74) is 5.55. The number of aryl methyl sites for hydroxylation is 2. The fraction of sp³-hybridized carbons (Fsp3) is 0.200.